The lowest BCUT2D eigenvalue weighted by atomic mass is 9.97. The summed E-state index contributed by atoms with van der Waals surface area (Å²) in [5, 5.41) is 3.77. The Bertz CT molecular complexity index is 219. The van der Waals surface area contributed by atoms with Crippen molar-refractivity contribution in [1.29, 1.82) is 0 Å². The Hall–Kier alpha value is -0.120. The van der Waals surface area contributed by atoms with Crippen molar-refractivity contribution in [2.75, 3.05) is 26.2 Å². The molecular formula is C16H34N2O. The Morgan fingerprint density at radius 1 is 1.21 bits per heavy atom. The molecule has 1 rings (SSSR count). The molecule has 0 aromatic carbocycles. The van der Waals surface area contributed by atoms with Gasteiger partial charge in [-0.1, -0.05) is 34.1 Å². The number of hydrogen-bond acceptors (Lipinski definition) is 3. The number of hydrogen-bond donors (Lipinski definition) is 1. The molecule has 0 bridgehead atoms. The Morgan fingerprint density at radius 3 is 2.58 bits per heavy atom. The molecule has 0 spiro atoms. The highest BCUT2D eigenvalue weighted by Gasteiger charge is 2.29. The minimum Gasteiger partial charge on any atom is -0.376 e. The predicted octanol–water partition coefficient (Wildman–Crippen LogP) is 3.04. The Morgan fingerprint density at radius 2 is 2.00 bits per heavy atom. The van der Waals surface area contributed by atoms with Gasteiger partial charge in [0.15, 0.2) is 0 Å². The van der Waals surface area contributed by atoms with E-state index in [0.717, 1.165) is 32.7 Å². The van der Waals surface area contributed by atoms with Crippen LogP contribution in [0.3, 0.4) is 0 Å². The summed E-state index contributed by atoms with van der Waals surface area (Å²) in [4.78, 5) is 2.67. The molecule has 0 radical (unpaired) electrons. The van der Waals surface area contributed by atoms with Crippen molar-refractivity contribution in [3.05, 3.63) is 0 Å². The van der Waals surface area contributed by atoms with Gasteiger partial charge in [0, 0.05) is 25.2 Å². The second-order valence-electron chi connectivity index (χ2n) is 5.72. The van der Waals surface area contributed by atoms with E-state index < -0.39 is 0 Å². The van der Waals surface area contributed by atoms with Crippen LogP contribution in [-0.4, -0.2) is 49.3 Å². The van der Waals surface area contributed by atoms with E-state index in [2.05, 4.69) is 37.9 Å². The van der Waals surface area contributed by atoms with Crippen molar-refractivity contribution in [1.82, 2.24) is 10.2 Å². The van der Waals surface area contributed by atoms with Crippen LogP contribution in [0.25, 0.3) is 0 Å². The van der Waals surface area contributed by atoms with E-state index in [9.17, 15) is 0 Å². The first kappa shape index (κ1) is 16.9. The van der Waals surface area contributed by atoms with Crippen molar-refractivity contribution >= 4 is 0 Å². The van der Waals surface area contributed by atoms with Crippen LogP contribution in [0, 0.1) is 0 Å². The Kier molecular flexibility index (Phi) is 8.67. The molecule has 0 aromatic rings. The second kappa shape index (κ2) is 9.73. The van der Waals surface area contributed by atoms with Gasteiger partial charge in [0.1, 0.15) is 0 Å². The van der Waals surface area contributed by atoms with Crippen LogP contribution in [0.2, 0.25) is 0 Å². The summed E-state index contributed by atoms with van der Waals surface area (Å²) in [6.07, 6.45) is 6.57. The summed E-state index contributed by atoms with van der Waals surface area (Å²) >= 11 is 0. The van der Waals surface area contributed by atoms with Crippen LogP contribution in [0.15, 0.2) is 0 Å². The predicted molar refractivity (Wildman–Crippen MR) is 82.7 cm³/mol. The molecule has 0 saturated carbocycles. The quantitative estimate of drug-likeness (QED) is 0.697. The van der Waals surface area contributed by atoms with E-state index >= 15 is 0 Å². The maximum absolute atomic E-state index is 5.81. The number of nitrogens with zero attached hydrogens (tertiary/aromatic N) is 1. The Balaban J connectivity index is 2.60. The molecule has 0 amide bonds. The normalized spacial score (nSPS) is 24.3. The maximum atomic E-state index is 5.81. The molecule has 3 atom stereocenters. The molecular weight excluding hydrogens is 236 g/mol. The molecule has 3 heteroatoms. The van der Waals surface area contributed by atoms with E-state index in [4.69, 9.17) is 4.74 Å². The van der Waals surface area contributed by atoms with E-state index in [1.165, 1.54) is 25.7 Å². The maximum Gasteiger partial charge on any atom is 0.0700 e. The van der Waals surface area contributed by atoms with Crippen LogP contribution in [-0.2, 0) is 4.74 Å². The van der Waals surface area contributed by atoms with Crippen LogP contribution < -0.4 is 5.32 Å². The summed E-state index contributed by atoms with van der Waals surface area (Å²) in [6.45, 7) is 13.4. The lowest BCUT2D eigenvalue weighted by molar-refractivity contribution is -0.0505. The molecule has 1 heterocycles. The zero-order chi connectivity index (χ0) is 14.1. The van der Waals surface area contributed by atoms with Crippen molar-refractivity contribution in [2.45, 2.75) is 78.0 Å². The summed E-state index contributed by atoms with van der Waals surface area (Å²) in [6, 6.07) is 1.31. The molecule has 3 unspecified atom stereocenters. The van der Waals surface area contributed by atoms with Crippen molar-refractivity contribution in [2.24, 2.45) is 0 Å². The largest absolute Gasteiger partial charge is 0.376 e. The van der Waals surface area contributed by atoms with E-state index in [-0.39, 0.29) is 0 Å². The third kappa shape index (κ3) is 5.41. The van der Waals surface area contributed by atoms with Gasteiger partial charge < -0.3 is 10.1 Å². The monoisotopic (exact) mass is 270 g/mol. The molecule has 0 aromatic heterocycles. The lowest BCUT2D eigenvalue weighted by Crippen LogP contribution is -2.55. The highest BCUT2D eigenvalue weighted by molar-refractivity contribution is 4.86. The van der Waals surface area contributed by atoms with E-state index in [1.807, 2.05) is 0 Å². The average molecular weight is 270 g/mol. The number of ether oxygens (including phenoxy) is 1. The smallest absolute Gasteiger partial charge is 0.0700 e. The molecule has 1 N–H and O–H groups in total. The molecule has 114 valence electrons. The van der Waals surface area contributed by atoms with Crippen LogP contribution in [0.4, 0.5) is 0 Å². The minimum absolute atomic E-state index is 0.441. The Labute approximate surface area is 120 Å². The molecule has 19 heavy (non-hydrogen) atoms. The number of morpholine rings is 1. The van der Waals surface area contributed by atoms with Crippen molar-refractivity contribution < 1.29 is 4.74 Å². The third-order valence-electron chi connectivity index (χ3n) is 4.23. The SMILES string of the molecule is CCCNC(CCC)C(CC)N1CCOC(CC)C1. The summed E-state index contributed by atoms with van der Waals surface area (Å²) in [5.74, 6) is 0. The van der Waals surface area contributed by atoms with Gasteiger partial charge in [-0.25, -0.2) is 0 Å². The fraction of sp³-hybridized carbons (Fsp3) is 1.00. The highest BCUT2D eigenvalue weighted by Crippen LogP contribution is 2.18. The minimum atomic E-state index is 0.441. The van der Waals surface area contributed by atoms with Gasteiger partial charge in [0.25, 0.3) is 0 Å². The third-order valence-corrected chi connectivity index (χ3v) is 4.23. The number of rotatable bonds is 9. The average Bonchev–Trinajstić information content (AvgIpc) is 2.45. The standard InChI is InChI=1S/C16H34N2O/c1-5-9-15(17-10-6-2)16(8-4)18-11-12-19-14(7-3)13-18/h14-17H,5-13H2,1-4H3. The number of nitrogens with one attached hydrogen (secondary N) is 1. The topological polar surface area (TPSA) is 24.5 Å². The van der Waals surface area contributed by atoms with Crippen molar-refractivity contribution in [3.63, 3.8) is 0 Å². The molecule has 1 saturated heterocycles. The summed E-state index contributed by atoms with van der Waals surface area (Å²) in [5.41, 5.74) is 0. The van der Waals surface area contributed by atoms with Gasteiger partial charge in [-0.3, -0.25) is 4.90 Å². The van der Waals surface area contributed by atoms with Gasteiger partial charge in [-0.2, -0.15) is 0 Å². The lowest BCUT2D eigenvalue weighted by Gasteiger charge is -2.41. The highest BCUT2D eigenvalue weighted by atomic mass is 16.5. The molecule has 0 aliphatic carbocycles. The van der Waals surface area contributed by atoms with Gasteiger partial charge in [-0.15, -0.1) is 0 Å². The molecule has 3 nitrogen and oxygen atoms in total. The summed E-state index contributed by atoms with van der Waals surface area (Å²) in [7, 11) is 0. The van der Waals surface area contributed by atoms with Crippen molar-refractivity contribution in [3.8, 4) is 0 Å². The van der Waals surface area contributed by atoms with Crippen LogP contribution in [0.5, 0.6) is 0 Å². The van der Waals surface area contributed by atoms with Crippen LogP contribution in [0.1, 0.15) is 59.8 Å². The van der Waals surface area contributed by atoms with E-state index in [1.54, 1.807) is 0 Å². The zero-order valence-corrected chi connectivity index (χ0v) is 13.5. The first-order valence-corrected chi connectivity index (χ1v) is 8.35. The second-order valence-corrected chi connectivity index (χ2v) is 5.72. The van der Waals surface area contributed by atoms with Gasteiger partial charge >= 0.3 is 0 Å². The van der Waals surface area contributed by atoms with Gasteiger partial charge in [0.05, 0.1) is 12.7 Å². The first-order chi connectivity index (χ1) is 9.26. The van der Waals surface area contributed by atoms with Crippen LogP contribution >= 0.6 is 0 Å². The molecule has 1 aliphatic rings. The fourth-order valence-electron chi connectivity index (χ4n) is 3.16. The van der Waals surface area contributed by atoms with Gasteiger partial charge in [-0.05, 0) is 32.2 Å². The van der Waals surface area contributed by atoms with E-state index in [0.29, 0.717) is 18.2 Å². The molecule has 1 fully saturated rings. The van der Waals surface area contributed by atoms with Gasteiger partial charge in [0.2, 0.25) is 0 Å². The molecule has 1 aliphatic heterocycles. The fourth-order valence-corrected chi connectivity index (χ4v) is 3.16. The zero-order valence-electron chi connectivity index (χ0n) is 13.5. The first-order valence-electron chi connectivity index (χ1n) is 8.35. The summed E-state index contributed by atoms with van der Waals surface area (Å²) < 4.78 is 5.81.